The van der Waals surface area contributed by atoms with Gasteiger partial charge < -0.3 is 20.3 Å². The largest absolute Gasteiger partial charge is 0.462 e. The number of allylic oxidation sites excluding steroid dienone is 12. The standard InChI is InChI=1S/C60H107NO5/c1-4-7-10-13-16-19-22-25-28-29-30-32-35-38-41-44-47-50-53-60(65)66-56(51-48-45-42-39-36-33-27-24-21-18-15-12-9-6-3)54-59(64)61-57(55-62)58(63)52-49-46-43-40-37-34-31-26-23-20-17-14-11-8-5-2/h16,19,22,25,28-30,32-33,36,39,42,56-58,62-63H,4-15,17-18,20-21,23-24,26-27,31,34-35,37-38,40-41,43-55H2,1-3H3,(H,61,64)/b19-16+,25-22+,29-28+,32-30+,36-33+,42-39+. The third-order valence-corrected chi connectivity index (χ3v) is 12.6. The molecule has 0 heterocycles. The van der Waals surface area contributed by atoms with Gasteiger partial charge in [-0.05, 0) is 70.6 Å². The summed E-state index contributed by atoms with van der Waals surface area (Å²) in [6.07, 6.45) is 68.2. The maximum absolute atomic E-state index is 13.2. The van der Waals surface area contributed by atoms with Gasteiger partial charge in [0.15, 0.2) is 0 Å². The van der Waals surface area contributed by atoms with E-state index in [1.807, 2.05) is 0 Å². The summed E-state index contributed by atoms with van der Waals surface area (Å²) in [6, 6.07) is -0.724. The Balaban J connectivity index is 4.66. The predicted molar refractivity (Wildman–Crippen MR) is 287 cm³/mol. The van der Waals surface area contributed by atoms with Crippen molar-refractivity contribution in [3.8, 4) is 0 Å². The monoisotopic (exact) mass is 922 g/mol. The summed E-state index contributed by atoms with van der Waals surface area (Å²) in [5.74, 6) is -0.545. The van der Waals surface area contributed by atoms with Crippen molar-refractivity contribution in [1.82, 2.24) is 5.32 Å². The highest BCUT2D eigenvalue weighted by atomic mass is 16.5. The Morgan fingerprint density at radius 3 is 1.24 bits per heavy atom. The number of aliphatic hydroxyl groups excluding tert-OH is 2. The van der Waals surface area contributed by atoms with Gasteiger partial charge in [0.05, 0.1) is 25.2 Å². The molecule has 3 unspecified atom stereocenters. The first-order chi connectivity index (χ1) is 32.5. The van der Waals surface area contributed by atoms with E-state index >= 15 is 0 Å². The molecule has 0 aromatic heterocycles. The van der Waals surface area contributed by atoms with E-state index in [4.69, 9.17) is 4.74 Å². The number of amides is 1. The first-order valence-corrected chi connectivity index (χ1v) is 28.2. The average Bonchev–Trinajstić information content (AvgIpc) is 3.31. The summed E-state index contributed by atoms with van der Waals surface area (Å²) >= 11 is 0. The van der Waals surface area contributed by atoms with Gasteiger partial charge in [0.25, 0.3) is 0 Å². The first kappa shape index (κ1) is 63.3. The lowest BCUT2D eigenvalue weighted by Crippen LogP contribution is -2.46. The van der Waals surface area contributed by atoms with Crippen molar-refractivity contribution in [3.05, 3.63) is 72.9 Å². The Morgan fingerprint density at radius 1 is 0.439 bits per heavy atom. The van der Waals surface area contributed by atoms with Crippen LogP contribution in [0.4, 0.5) is 0 Å². The van der Waals surface area contributed by atoms with E-state index in [0.29, 0.717) is 19.3 Å². The molecular weight excluding hydrogens is 815 g/mol. The number of carbonyl (C=O) groups excluding carboxylic acids is 2. The number of carbonyl (C=O) groups is 2. The van der Waals surface area contributed by atoms with Crippen LogP contribution >= 0.6 is 0 Å². The second-order valence-corrected chi connectivity index (χ2v) is 19.1. The summed E-state index contributed by atoms with van der Waals surface area (Å²) in [4.78, 5) is 26.2. The fraction of sp³-hybridized carbons (Fsp3) is 0.767. The maximum Gasteiger partial charge on any atom is 0.306 e. The molecule has 0 bridgehead atoms. The highest BCUT2D eigenvalue weighted by Gasteiger charge is 2.24. The van der Waals surface area contributed by atoms with Crippen LogP contribution in [0, 0.1) is 0 Å². The Hall–Kier alpha value is -2.70. The van der Waals surface area contributed by atoms with E-state index in [2.05, 4.69) is 99.0 Å². The predicted octanol–water partition coefficient (Wildman–Crippen LogP) is 17.3. The van der Waals surface area contributed by atoms with Gasteiger partial charge in [-0.3, -0.25) is 9.59 Å². The zero-order valence-electron chi connectivity index (χ0n) is 43.6. The molecular formula is C60H107NO5. The summed E-state index contributed by atoms with van der Waals surface area (Å²) in [5, 5.41) is 23.8. The zero-order valence-corrected chi connectivity index (χ0v) is 43.6. The van der Waals surface area contributed by atoms with Gasteiger partial charge in [0, 0.05) is 6.42 Å². The molecule has 0 spiro atoms. The molecule has 3 atom stereocenters. The van der Waals surface area contributed by atoms with E-state index in [9.17, 15) is 19.8 Å². The van der Waals surface area contributed by atoms with Crippen LogP contribution in [-0.4, -0.2) is 46.9 Å². The number of ether oxygens (including phenoxy) is 1. The minimum Gasteiger partial charge on any atom is -0.462 e. The number of hydrogen-bond donors (Lipinski definition) is 3. The SMILES string of the molecule is CCCCC/C=C/C=C/C=C/C=C/CCCCCCCC(=O)OC(CCC/C=C/C=C/CCCCCCCCC)CC(=O)NC(CO)C(O)CCCCCCCCCCCCCCCCC. The molecule has 0 aromatic rings. The third kappa shape index (κ3) is 47.8. The Kier molecular flexibility index (Phi) is 51.1. The number of rotatable bonds is 50. The molecule has 6 nitrogen and oxygen atoms in total. The van der Waals surface area contributed by atoms with Gasteiger partial charge in [-0.15, -0.1) is 0 Å². The average molecular weight is 923 g/mol. The number of unbranched alkanes of at least 4 members (excludes halogenated alkanes) is 30. The zero-order chi connectivity index (χ0) is 48.1. The molecule has 382 valence electrons. The number of hydrogen-bond acceptors (Lipinski definition) is 5. The lowest BCUT2D eigenvalue weighted by molar-refractivity contribution is -0.151. The van der Waals surface area contributed by atoms with Crippen molar-refractivity contribution in [1.29, 1.82) is 0 Å². The number of aliphatic hydroxyl groups is 2. The summed E-state index contributed by atoms with van der Waals surface area (Å²) < 4.78 is 5.92. The first-order valence-electron chi connectivity index (χ1n) is 28.2. The highest BCUT2D eigenvalue weighted by Crippen LogP contribution is 2.17. The molecule has 0 aromatic carbocycles. The lowest BCUT2D eigenvalue weighted by atomic mass is 10.0. The van der Waals surface area contributed by atoms with E-state index in [1.165, 1.54) is 141 Å². The summed E-state index contributed by atoms with van der Waals surface area (Å²) in [7, 11) is 0. The Labute approximate surface area is 409 Å². The van der Waals surface area contributed by atoms with E-state index in [1.54, 1.807) is 0 Å². The normalized spacial score (nSPS) is 13.7. The molecule has 1 amide bonds. The van der Waals surface area contributed by atoms with Crippen LogP contribution in [-0.2, 0) is 14.3 Å². The van der Waals surface area contributed by atoms with Crippen LogP contribution in [0.5, 0.6) is 0 Å². The second kappa shape index (κ2) is 53.3. The number of esters is 1. The Morgan fingerprint density at radius 2 is 0.788 bits per heavy atom. The molecule has 0 rings (SSSR count). The van der Waals surface area contributed by atoms with Crippen LogP contribution < -0.4 is 5.32 Å². The summed E-state index contributed by atoms with van der Waals surface area (Å²) in [5.41, 5.74) is 0. The van der Waals surface area contributed by atoms with Crippen molar-refractivity contribution in [2.45, 2.75) is 289 Å². The second-order valence-electron chi connectivity index (χ2n) is 19.1. The quantitative estimate of drug-likeness (QED) is 0.0321. The van der Waals surface area contributed by atoms with Crippen LogP contribution in [0.25, 0.3) is 0 Å². The lowest BCUT2D eigenvalue weighted by Gasteiger charge is -2.24. The fourth-order valence-corrected chi connectivity index (χ4v) is 8.32. The van der Waals surface area contributed by atoms with Crippen molar-refractivity contribution < 1.29 is 24.5 Å². The minimum absolute atomic E-state index is 0.0329. The molecule has 0 saturated carbocycles. The minimum atomic E-state index is -0.807. The van der Waals surface area contributed by atoms with Crippen LogP contribution in [0.3, 0.4) is 0 Å². The van der Waals surface area contributed by atoms with Gasteiger partial charge in [-0.1, -0.05) is 261 Å². The van der Waals surface area contributed by atoms with Crippen LogP contribution in [0.2, 0.25) is 0 Å². The molecule has 6 heteroatoms. The Bertz CT molecular complexity index is 1220. The smallest absolute Gasteiger partial charge is 0.306 e. The van der Waals surface area contributed by atoms with Gasteiger partial charge in [0.2, 0.25) is 5.91 Å². The topological polar surface area (TPSA) is 95.9 Å². The molecule has 0 fully saturated rings. The van der Waals surface area contributed by atoms with Gasteiger partial charge in [-0.2, -0.15) is 0 Å². The van der Waals surface area contributed by atoms with Crippen LogP contribution in [0.15, 0.2) is 72.9 Å². The fourth-order valence-electron chi connectivity index (χ4n) is 8.32. The van der Waals surface area contributed by atoms with Gasteiger partial charge in [0.1, 0.15) is 6.10 Å². The van der Waals surface area contributed by atoms with Crippen molar-refractivity contribution in [3.63, 3.8) is 0 Å². The molecule has 3 N–H and O–H groups in total. The molecule has 0 aliphatic carbocycles. The molecule has 0 aliphatic rings. The third-order valence-electron chi connectivity index (χ3n) is 12.6. The maximum atomic E-state index is 13.2. The number of nitrogens with one attached hydrogen (secondary N) is 1. The molecule has 66 heavy (non-hydrogen) atoms. The highest BCUT2D eigenvalue weighted by molar-refractivity contribution is 5.77. The van der Waals surface area contributed by atoms with Crippen LogP contribution in [0.1, 0.15) is 271 Å². The van der Waals surface area contributed by atoms with Crippen molar-refractivity contribution in [2.75, 3.05) is 6.61 Å². The van der Waals surface area contributed by atoms with E-state index < -0.39 is 18.2 Å². The van der Waals surface area contributed by atoms with Crippen molar-refractivity contribution >= 4 is 11.9 Å². The molecule has 0 saturated heterocycles. The van der Waals surface area contributed by atoms with Gasteiger partial charge >= 0.3 is 5.97 Å². The molecule has 0 aliphatic heterocycles. The van der Waals surface area contributed by atoms with Crippen molar-refractivity contribution in [2.24, 2.45) is 0 Å². The van der Waals surface area contributed by atoms with Gasteiger partial charge in [-0.25, -0.2) is 0 Å². The summed E-state index contributed by atoms with van der Waals surface area (Å²) in [6.45, 7) is 6.44. The molecule has 0 radical (unpaired) electrons. The van der Waals surface area contributed by atoms with E-state index in [0.717, 1.165) is 83.5 Å². The van der Waals surface area contributed by atoms with E-state index in [-0.39, 0.29) is 24.9 Å².